The fourth-order valence-electron chi connectivity index (χ4n) is 3.17. The van der Waals surface area contributed by atoms with Gasteiger partial charge in [0.1, 0.15) is 0 Å². The van der Waals surface area contributed by atoms with Crippen molar-refractivity contribution in [1.29, 1.82) is 0 Å². The number of benzene rings is 1. The standard InChI is InChI=1S/C18H26N4O2/c1-14(2)16-19-17(24-20-16)21(3)12-18(23)9-10-22(13-18)11-15-7-5-4-6-8-15/h4-8,14,23H,9-13H2,1-3H3. The molecular weight excluding hydrogens is 304 g/mol. The van der Waals surface area contributed by atoms with Crippen molar-refractivity contribution < 1.29 is 9.63 Å². The van der Waals surface area contributed by atoms with Crippen LogP contribution in [0.3, 0.4) is 0 Å². The Hall–Kier alpha value is -1.92. The summed E-state index contributed by atoms with van der Waals surface area (Å²) < 4.78 is 5.31. The number of likely N-dealkylation sites (tertiary alicyclic amines) is 1. The minimum atomic E-state index is -0.754. The van der Waals surface area contributed by atoms with Crippen LogP contribution in [0, 0.1) is 0 Å². The summed E-state index contributed by atoms with van der Waals surface area (Å²) in [4.78, 5) is 8.53. The number of anilines is 1. The Morgan fingerprint density at radius 2 is 2.08 bits per heavy atom. The van der Waals surface area contributed by atoms with E-state index in [4.69, 9.17) is 4.52 Å². The molecule has 1 atom stereocenters. The van der Waals surface area contributed by atoms with Gasteiger partial charge < -0.3 is 14.5 Å². The predicted molar refractivity (Wildman–Crippen MR) is 92.9 cm³/mol. The topological polar surface area (TPSA) is 65.6 Å². The maximum absolute atomic E-state index is 10.9. The molecular formula is C18H26N4O2. The Kier molecular flexibility index (Phi) is 4.87. The van der Waals surface area contributed by atoms with E-state index in [-0.39, 0.29) is 5.92 Å². The molecule has 0 aliphatic carbocycles. The van der Waals surface area contributed by atoms with Crippen LogP contribution in [0.1, 0.15) is 37.6 Å². The van der Waals surface area contributed by atoms with Crippen molar-refractivity contribution in [2.24, 2.45) is 0 Å². The normalized spacial score (nSPS) is 21.5. The lowest BCUT2D eigenvalue weighted by Crippen LogP contribution is -2.44. The number of aromatic nitrogens is 2. The van der Waals surface area contributed by atoms with E-state index in [2.05, 4.69) is 27.2 Å². The summed E-state index contributed by atoms with van der Waals surface area (Å²) in [6, 6.07) is 10.8. The first-order valence-corrected chi connectivity index (χ1v) is 8.49. The third-order valence-electron chi connectivity index (χ3n) is 4.47. The van der Waals surface area contributed by atoms with Crippen LogP contribution in [0.5, 0.6) is 0 Å². The molecule has 1 unspecified atom stereocenters. The maximum Gasteiger partial charge on any atom is 0.323 e. The molecule has 24 heavy (non-hydrogen) atoms. The molecule has 0 spiro atoms. The van der Waals surface area contributed by atoms with Gasteiger partial charge in [0.15, 0.2) is 5.82 Å². The third kappa shape index (κ3) is 3.94. The van der Waals surface area contributed by atoms with Gasteiger partial charge in [-0.25, -0.2) is 0 Å². The van der Waals surface area contributed by atoms with Crippen LogP contribution in [-0.2, 0) is 6.54 Å². The van der Waals surface area contributed by atoms with Gasteiger partial charge in [0, 0.05) is 32.6 Å². The second-order valence-electron chi connectivity index (χ2n) is 7.12. The molecule has 0 radical (unpaired) electrons. The van der Waals surface area contributed by atoms with E-state index in [1.807, 2.05) is 44.0 Å². The van der Waals surface area contributed by atoms with Gasteiger partial charge in [-0.1, -0.05) is 49.3 Å². The van der Waals surface area contributed by atoms with Crippen LogP contribution in [0.2, 0.25) is 0 Å². The number of nitrogens with zero attached hydrogens (tertiary/aromatic N) is 4. The van der Waals surface area contributed by atoms with Gasteiger partial charge in [0.2, 0.25) is 0 Å². The fourth-order valence-corrected chi connectivity index (χ4v) is 3.17. The molecule has 1 aliphatic heterocycles. The highest BCUT2D eigenvalue weighted by Gasteiger charge is 2.37. The van der Waals surface area contributed by atoms with Crippen LogP contribution in [0.4, 0.5) is 6.01 Å². The molecule has 2 aromatic rings. The molecule has 1 aliphatic rings. The van der Waals surface area contributed by atoms with Gasteiger partial charge in [-0.2, -0.15) is 4.98 Å². The Morgan fingerprint density at radius 1 is 1.33 bits per heavy atom. The first kappa shape index (κ1) is 16.9. The monoisotopic (exact) mass is 330 g/mol. The average molecular weight is 330 g/mol. The molecule has 0 saturated carbocycles. The van der Waals surface area contributed by atoms with E-state index in [9.17, 15) is 5.11 Å². The quantitative estimate of drug-likeness (QED) is 0.876. The average Bonchev–Trinajstić information content (AvgIpc) is 3.16. The van der Waals surface area contributed by atoms with E-state index in [1.54, 1.807) is 0 Å². The van der Waals surface area contributed by atoms with E-state index in [0.717, 1.165) is 19.5 Å². The Bertz CT molecular complexity index is 658. The summed E-state index contributed by atoms with van der Waals surface area (Å²) in [7, 11) is 1.88. The SMILES string of the molecule is CC(C)c1noc(N(C)CC2(O)CCN(Cc3ccccc3)C2)n1. The first-order valence-electron chi connectivity index (χ1n) is 8.49. The predicted octanol–water partition coefficient (Wildman–Crippen LogP) is 2.27. The smallest absolute Gasteiger partial charge is 0.323 e. The summed E-state index contributed by atoms with van der Waals surface area (Å²) >= 11 is 0. The summed E-state index contributed by atoms with van der Waals surface area (Å²) in [6.07, 6.45) is 0.745. The lowest BCUT2D eigenvalue weighted by Gasteiger charge is -2.28. The number of β-amino-alcohol motifs (C(OH)–C–C–N with tert-alkyl or cyclic N) is 1. The van der Waals surface area contributed by atoms with Gasteiger partial charge in [0.25, 0.3) is 0 Å². The Balaban J connectivity index is 1.58. The summed E-state index contributed by atoms with van der Waals surface area (Å²) in [6.45, 7) is 6.95. The Morgan fingerprint density at radius 3 is 2.75 bits per heavy atom. The molecule has 1 aromatic carbocycles. The van der Waals surface area contributed by atoms with Gasteiger partial charge in [-0.05, 0) is 12.0 Å². The molecule has 0 amide bonds. The first-order chi connectivity index (χ1) is 11.5. The minimum absolute atomic E-state index is 0.229. The number of rotatable bonds is 6. The zero-order chi connectivity index (χ0) is 17.2. The van der Waals surface area contributed by atoms with Crippen LogP contribution >= 0.6 is 0 Å². The highest BCUT2D eigenvalue weighted by atomic mass is 16.5. The Labute approximate surface area is 143 Å². The minimum Gasteiger partial charge on any atom is -0.387 e. The van der Waals surface area contributed by atoms with Crippen molar-refractivity contribution in [2.45, 2.75) is 38.3 Å². The summed E-state index contributed by atoms with van der Waals surface area (Å²) in [5.74, 6) is 0.924. The lowest BCUT2D eigenvalue weighted by molar-refractivity contribution is 0.0551. The number of hydrogen-bond acceptors (Lipinski definition) is 6. The highest BCUT2D eigenvalue weighted by molar-refractivity contribution is 5.25. The molecule has 2 heterocycles. The second kappa shape index (κ2) is 6.91. The summed E-state index contributed by atoms with van der Waals surface area (Å²) in [5, 5.41) is 14.9. The largest absolute Gasteiger partial charge is 0.387 e. The van der Waals surface area contributed by atoms with Crippen LogP contribution < -0.4 is 4.90 Å². The molecule has 1 saturated heterocycles. The van der Waals surface area contributed by atoms with E-state index < -0.39 is 5.60 Å². The van der Waals surface area contributed by atoms with Crippen molar-refractivity contribution in [3.63, 3.8) is 0 Å². The molecule has 130 valence electrons. The van der Waals surface area contributed by atoms with Crippen molar-refractivity contribution in [2.75, 3.05) is 31.6 Å². The van der Waals surface area contributed by atoms with E-state index in [0.29, 0.717) is 24.9 Å². The maximum atomic E-state index is 10.9. The molecule has 1 aromatic heterocycles. The zero-order valence-corrected chi connectivity index (χ0v) is 14.6. The fraction of sp³-hybridized carbons (Fsp3) is 0.556. The van der Waals surface area contributed by atoms with Gasteiger partial charge in [0.05, 0.1) is 12.1 Å². The van der Waals surface area contributed by atoms with E-state index >= 15 is 0 Å². The number of aliphatic hydroxyl groups is 1. The molecule has 6 nitrogen and oxygen atoms in total. The van der Waals surface area contributed by atoms with Crippen molar-refractivity contribution in [3.8, 4) is 0 Å². The van der Waals surface area contributed by atoms with Gasteiger partial charge in [-0.15, -0.1) is 0 Å². The lowest BCUT2D eigenvalue weighted by atomic mass is 10.0. The van der Waals surface area contributed by atoms with Crippen molar-refractivity contribution in [1.82, 2.24) is 15.0 Å². The third-order valence-corrected chi connectivity index (χ3v) is 4.47. The van der Waals surface area contributed by atoms with Gasteiger partial charge in [-0.3, -0.25) is 4.90 Å². The molecule has 1 N–H and O–H groups in total. The van der Waals surface area contributed by atoms with Crippen LogP contribution in [0.15, 0.2) is 34.9 Å². The number of likely N-dealkylation sites (N-methyl/N-ethyl adjacent to an activating group) is 1. The van der Waals surface area contributed by atoms with Gasteiger partial charge >= 0.3 is 6.01 Å². The molecule has 6 heteroatoms. The van der Waals surface area contributed by atoms with E-state index in [1.165, 1.54) is 5.56 Å². The second-order valence-corrected chi connectivity index (χ2v) is 7.12. The van der Waals surface area contributed by atoms with Crippen molar-refractivity contribution in [3.05, 3.63) is 41.7 Å². The molecule has 3 rings (SSSR count). The van der Waals surface area contributed by atoms with Crippen LogP contribution in [0.25, 0.3) is 0 Å². The van der Waals surface area contributed by atoms with Crippen molar-refractivity contribution >= 4 is 6.01 Å². The molecule has 1 fully saturated rings. The zero-order valence-electron chi connectivity index (χ0n) is 14.6. The summed E-state index contributed by atoms with van der Waals surface area (Å²) in [5.41, 5.74) is 0.518. The molecule has 0 bridgehead atoms. The number of hydrogen-bond donors (Lipinski definition) is 1. The van der Waals surface area contributed by atoms with Crippen LogP contribution in [-0.4, -0.2) is 52.4 Å². The highest BCUT2D eigenvalue weighted by Crippen LogP contribution is 2.25.